The van der Waals surface area contributed by atoms with Crippen LogP contribution in [0.3, 0.4) is 0 Å². The Kier molecular flexibility index (Phi) is 4.35. The van der Waals surface area contributed by atoms with Gasteiger partial charge in [0.25, 0.3) is 5.56 Å². The summed E-state index contributed by atoms with van der Waals surface area (Å²) in [5.74, 6) is 1.73. The van der Waals surface area contributed by atoms with Gasteiger partial charge in [-0.15, -0.1) is 0 Å². The van der Waals surface area contributed by atoms with Crippen LogP contribution in [0.25, 0.3) is 21.9 Å². The number of aromatic nitrogens is 3. The van der Waals surface area contributed by atoms with Crippen LogP contribution < -0.4 is 15.0 Å². The summed E-state index contributed by atoms with van der Waals surface area (Å²) in [5.41, 5.74) is 3.63. The lowest BCUT2D eigenvalue weighted by Crippen LogP contribution is -2.20. The summed E-state index contributed by atoms with van der Waals surface area (Å²) >= 11 is 0. The molecule has 0 amide bonds. The van der Waals surface area contributed by atoms with Crippen molar-refractivity contribution in [1.29, 1.82) is 0 Å². The highest BCUT2D eigenvalue weighted by molar-refractivity contribution is 6.04. The minimum absolute atomic E-state index is 0.243. The standard InChI is InChI=1S/C21H20N4O3/c1-12-5-7-16-15(9-12)19-20(24-16)21(26)25(13(2)23-19)22-11-14-6-8-17(27-3)18(10-14)28-4/h5-11,24H,1-4H3. The lowest BCUT2D eigenvalue weighted by Gasteiger charge is -2.07. The average molecular weight is 376 g/mol. The number of hydrogen-bond acceptors (Lipinski definition) is 5. The molecule has 0 saturated heterocycles. The number of methoxy groups -OCH3 is 2. The molecule has 0 atom stereocenters. The highest BCUT2D eigenvalue weighted by atomic mass is 16.5. The predicted molar refractivity (Wildman–Crippen MR) is 110 cm³/mol. The third-order valence-electron chi connectivity index (χ3n) is 4.64. The van der Waals surface area contributed by atoms with Crippen LogP contribution in [0.1, 0.15) is 17.0 Å². The molecular formula is C21H20N4O3. The van der Waals surface area contributed by atoms with Crippen molar-refractivity contribution in [3.8, 4) is 11.5 Å². The Hall–Kier alpha value is -3.61. The third kappa shape index (κ3) is 2.90. The zero-order valence-corrected chi connectivity index (χ0v) is 16.1. The maximum atomic E-state index is 13.0. The Labute approximate surface area is 161 Å². The van der Waals surface area contributed by atoms with E-state index in [4.69, 9.17) is 9.47 Å². The Morgan fingerprint density at radius 3 is 2.61 bits per heavy atom. The highest BCUT2D eigenvalue weighted by Crippen LogP contribution is 2.27. The molecule has 0 aliphatic heterocycles. The van der Waals surface area contributed by atoms with Gasteiger partial charge in [-0.3, -0.25) is 4.79 Å². The molecule has 0 aliphatic carbocycles. The second-order valence-electron chi connectivity index (χ2n) is 6.53. The van der Waals surface area contributed by atoms with Crippen molar-refractivity contribution in [1.82, 2.24) is 14.6 Å². The zero-order valence-electron chi connectivity index (χ0n) is 16.1. The van der Waals surface area contributed by atoms with Crippen LogP contribution in [-0.4, -0.2) is 35.1 Å². The average Bonchev–Trinajstić information content (AvgIpc) is 3.05. The number of rotatable bonds is 4. The largest absolute Gasteiger partial charge is 0.493 e. The molecule has 2 aromatic carbocycles. The van der Waals surface area contributed by atoms with E-state index in [0.717, 1.165) is 22.0 Å². The van der Waals surface area contributed by atoms with Gasteiger partial charge in [0.2, 0.25) is 0 Å². The normalized spacial score (nSPS) is 11.6. The van der Waals surface area contributed by atoms with Crippen molar-refractivity contribution >= 4 is 28.2 Å². The van der Waals surface area contributed by atoms with Gasteiger partial charge in [0.1, 0.15) is 16.9 Å². The monoisotopic (exact) mass is 376 g/mol. The van der Waals surface area contributed by atoms with Gasteiger partial charge < -0.3 is 14.5 Å². The van der Waals surface area contributed by atoms with E-state index in [1.54, 1.807) is 39.5 Å². The van der Waals surface area contributed by atoms with Gasteiger partial charge in [0, 0.05) is 10.9 Å². The molecule has 2 aromatic heterocycles. The van der Waals surface area contributed by atoms with E-state index < -0.39 is 0 Å². The molecule has 0 spiro atoms. The fraction of sp³-hybridized carbons (Fsp3) is 0.190. The van der Waals surface area contributed by atoms with E-state index in [9.17, 15) is 4.79 Å². The Morgan fingerprint density at radius 2 is 1.86 bits per heavy atom. The van der Waals surface area contributed by atoms with Gasteiger partial charge in [-0.1, -0.05) is 11.6 Å². The molecule has 0 bridgehead atoms. The second-order valence-corrected chi connectivity index (χ2v) is 6.53. The summed E-state index contributed by atoms with van der Waals surface area (Å²) in [5, 5.41) is 5.28. The summed E-state index contributed by atoms with van der Waals surface area (Å²) in [7, 11) is 3.15. The lowest BCUT2D eigenvalue weighted by molar-refractivity contribution is 0.355. The molecule has 7 nitrogen and oxygen atoms in total. The number of hydrogen-bond donors (Lipinski definition) is 1. The molecule has 1 N–H and O–H groups in total. The van der Waals surface area contributed by atoms with E-state index in [1.807, 2.05) is 31.2 Å². The van der Waals surface area contributed by atoms with Crippen molar-refractivity contribution in [3.05, 3.63) is 63.7 Å². The topological polar surface area (TPSA) is 81.5 Å². The summed E-state index contributed by atoms with van der Waals surface area (Å²) in [6.45, 7) is 3.78. The number of nitrogens with zero attached hydrogens (tertiary/aromatic N) is 3. The first-order chi connectivity index (χ1) is 13.5. The molecule has 2 heterocycles. The fourth-order valence-electron chi connectivity index (χ4n) is 3.22. The number of H-pyrrole nitrogens is 1. The quantitative estimate of drug-likeness (QED) is 0.554. The van der Waals surface area contributed by atoms with Crippen LogP contribution in [-0.2, 0) is 0 Å². The maximum absolute atomic E-state index is 13.0. The molecule has 0 saturated carbocycles. The maximum Gasteiger partial charge on any atom is 0.298 e. The minimum Gasteiger partial charge on any atom is -0.493 e. The molecule has 7 heteroatoms. The van der Waals surface area contributed by atoms with Crippen LogP contribution in [0, 0.1) is 13.8 Å². The van der Waals surface area contributed by atoms with Crippen LogP contribution in [0.2, 0.25) is 0 Å². The Balaban J connectivity index is 1.82. The van der Waals surface area contributed by atoms with Gasteiger partial charge in [-0.25, -0.2) is 4.98 Å². The van der Waals surface area contributed by atoms with E-state index in [1.165, 1.54) is 4.68 Å². The van der Waals surface area contributed by atoms with Crippen molar-refractivity contribution in [2.24, 2.45) is 5.10 Å². The first-order valence-corrected chi connectivity index (χ1v) is 8.80. The van der Waals surface area contributed by atoms with E-state index in [0.29, 0.717) is 28.4 Å². The van der Waals surface area contributed by atoms with Crippen molar-refractivity contribution in [2.75, 3.05) is 14.2 Å². The van der Waals surface area contributed by atoms with E-state index >= 15 is 0 Å². The first-order valence-electron chi connectivity index (χ1n) is 8.80. The third-order valence-corrected chi connectivity index (χ3v) is 4.64. The summed E-state index contributed by atoms with van der Waals surface area (Å²) in [4.78, 5) is 20.8. The van der Waals surface area contributed by atoms with Crippen LogP contribution >= 0.6 is 0 Å². The van der Waals surface area contributed by atoms with Gasteiger partial charge >= 0.3 is 0 Å². The van der Waals surface area contributed by atoms with Crippen molar-refractivity contribution in [3.63, 3.8) is 0 Å². The molecular weight excluding hydrogens is 356 g/mol. The molecule has 142 valence electrons. The van der Waals surface area contributed by atoms with Crippen molar-refractivity contribution < 1.29 is 9.47 Å². The first kappa shape index (κ1) is 17.8. The van der Waals surface area contributed by atoms with Gasteiger partial charge in [-0.05, 0) is 49.7 Å². The van der Waals surface area contributed by atoms with E-state index in [-0.39, 0.29) is 5.56 Å². The zero-order chi connectivity index (χ0) is 19.8. The smallest absolute Gasteiger partial charge is 0.298 e. The van der Waals surface area contributed by atoms with Crippen LogP contribution in [0.15, 0.2) is 46.3 Å². The van der Waals surface area contributed by atoms with Crippen LogP contribution in [0.5, 0.6) is 11.5 Å². The Bertz CT molecular complexity index is 1280. The summed E-state index contributed by atoms with van der Waals surface area (Å²) in [6.07, 6.45) is 1.59. The number of fused-ring (bicyclic) bond motifs is 3. The number of aryl methyl sites for hydroxylation is 2. The summed E-state index contributed by atoms with van der Waals surface area (Å²) in [6, 6.07) is 11.4. The van der Waals surface area contributed by atoms with Gasteiger partial charge in [0.15, 0.2) is 11.5 Å². The molecule has 0 radical (unpaired) electrons. The van der Waals surface area contributed by atoms with Gasteiger partial charge in [-0.2, -0.15) is 9.78 Å². The molecule has 0 aliphatic rings. The predicted octanol–water partition coefficient (Wildman–Crippen LogP) is 3.39. The van der Waals surface area contributed by atoms with Gasteiger partial charge in [0.05, 0.1) is 20.4 Å². The number of benzene rings is 2. The number of nitrogens with one attached hydrogen (secondary N) is 1. The number of ether oxygens (including phenoxy) is 2. The minimum atomic E-state index is -0.243. The SMILES string of the molecule is COc1ccc(C=Nn2c(C)nc3c([nH]c4ccc(C)cc43)c2=O)cc1OC. The molecule has 28 heavy (non-hydrogen) atoms. The molecule has 0 unspecified atom stereocenters. The Morgan fingerprint density at radius 1 is 1.07 bits per heavy atom. The molecule has 4 aromatic rings. The number of aromatic amines is 1. The molecule has 4 rings (SSSR count). The lowest BCUT2D eigenvalue weighted by atomic mass is 10.1. The second kappa shape index (κ2) is 6.84. The highest BCUT2D eigenvalue weighted by Gasteiger charge is 2.13. The summed E-state index contributed by atoms with van der Waals surface area (Å²) < 4.78 is 11.8. The van der Waals surface area contributed by atoms with Crippen LogP contribution in [0.4, 0.5) is 0 Å². The van der Waals surface area contributed by atoms with E-state index in [2.05, 4.69) is 15.1 Å². The molecule has 0 fully saturated rings. The van der Waals surface area contributed by atoms with Crippen molar-refractivity contribution in [2.45, 2.75) is 13.8 Å². The fourth-order valence-corrected chi connectivity index (χ4v) is 3.22.